The Balaban J connectivity index is 2.12. The van der Waals surface area contributed by atoms with Gasteiger partial charge < -0.3 is 4.90 Å². The molecule has 25 heavy (non-hydrogen) atoms. The number of pyridine rings is 2. The molecule has 0 bridgehead atoms. The highest BCUT2D eigenvalue weighted by Crippen LogP contribution is 2.25. The standard InChI is InChI=1S/C20H18BrN3O/c1-13-5-4-6-19(23-13)20(25)17(12-24(2)3)14-7-8-18-15(9-14)10-16(21)11-22-18/h4-12H,1-3H3/b17-12-. The fourth-order valence-corrected chi connectivity index (χ4v) is 2.95. The molecule has 5 heteroatoms. The van der Waals surface area contributed by atoms with Crippen molar-refractivity contribution in [3.05, 3.63) is 76.3 Å². The largest absolute Gasteiger partial charge is 0.383 e. The van der Waals surface area contributed by atoms with Crippen LogP contribution in [0.15, 0.2) is 59.3 Å². The van der Waals surface area contributed by atoms with Gasteiger partial charge in [-0.25, -0.2) is 4.98 Å². The van der Waals surface area contributed by atoms with Gasteiger partial charge >= 0.3 is 0 Å². The number of fused-ring (bicyclic) bond motifs is 1. The molecule has 2 aromatic heterocycles. The number of aromatic nitrogens is 2. The van der Waals surface area contributed by atoms with Gasteiger partial charge in [0.25, 0.3) is 0 Å². The first kappa shape index (κ1) is 17.3. The van der Waals surface area contributed by atoms with E-state index >= 15 is 0 Å². The normalized spacial score (nSPS) is 11.6. The summed E-state index contributed by atoms with van der Waals surface area (Å²) in [6.45, 7) is 1.88. The molecule has 0 atom stereocenters. The number of nitrogens with zero attached hydrogens (tertiary/aromatic N) is 3. The van der Waals surface area contributed by atoms with E-state index in [2.05, 4.69) is 25.9 Å². The Morgan fingerprint density at radius 2 is 1.96 bits per heavy atom. The Bertz CT molecular complexity index is 980. The summed E-state index contributed by atoms with van der Waals surface area (Å²) in [6.07, 6.45) is 3.60. The molecule has 0 aliphatic carbocycles. The maximum absolute atomic E-state index is 13.1. The molecule has 3 aromatic rings. The first-order valence-electron chi connectivity index (χ1n) is 7.86. The van der Waals surface area contributed by atoms with Gasteiger partial charge in [-0.1, -0.05) is 12.1 Å². The van der Waals surface area contributed by atoms with E-state index in [4.69, 9.17) is 0 Å². The first-order chi connectivity index (χ1) is 11.9. The van der Waals surface area contributed by atoms with Crippen molar-refractivity contribution in [1.29, 1.82) is 0 Å². The van der Waals surface area contributed by atoms with Gasteiger partial charge in [-0.2, -0.15) is 0 Å². The van der Waals surface area contributed by atoms with Gasteiger partial charge in [-0.05, 0) is 58.7 Å². The highest BCUT2D eigenvalue weighted by Gasteiger charge is 2.17. The van der Waals surface area contributed by atoms with Gasteiger partial charge in [0.1, 0.15) is 5.69 Å². The fraction of sp³-hybridized carbons (Fsp3) is 0.150. The van der Waals surface area contributed by atoms with Crippen LogP contribution < -0.4 is 0 Å². The van der Waals surface area contributed by atoms with Crippen molar-refractivity contribution in [2.24, 2.45) is 0 Å². The summed E-state index contributed by atoms with van der Waals surface area (Å²) in [7, 11) is 3.80. The highest BCUT2D eigenvalue weighted by atomic mass is 79.9. The van der Waals surface area contributed by atoms with E-state index in [1.165, 1.54) is 0 Å². The quantitative estimate of drug-likeness (QED) is 0.482. The topological polar surface area (TPSA) is 46.1 Å². The zero-order chi connectivity index (χ0) is 18.0. The second-order valence-electron chi connectivity index (χ2n) is 6.06. The molecule has 0 unspecified atom stereocenters. The second-order valence-corrected chi connectivity index (χ2v) is 6.98. The molecule has 3 rings (SSSR count). The molecule has 0 aliphatic heterocycles. The van der Waals surface area contributed by atoms with Crippen LogP contribution in [-0.4, -0.2) is 34.7 Å². The molecule has 0 aliphatic rings. The zero-order valence-electron chi connectivity index (χ0n) is 14.3. The van der Waals surface area contributed by atoms with Gasteiger partial charge in [-0.3, -0.25) is 9.78 Å². The third kappa shape index (κ3) is 3.94. The van der Waals surface area contributed by atoms with E-state index in [-0.39, 0.29) is 5.78 Å². The summed E-state index contributed by atoms with van der Waals surface area (Å²) in [5.74, 6) is -0.0975. The van der Waals surface area contributed by atoms with Gasteiger partial charge in [0.15, 0.2) is 0 Å². The average Bonchev–Trinajstić information content (AvgIpc) is 2.58. The Labute approximate surface area is 155 Å². The molecular formula is C20H18BrN3O. The van der Waals surface area contributed by atoms with Gasteiger partial charge in [-0.15, -0.1) is 0 Å². The van der Waals surface area contributed by atoms with Crippen molar-refractivity contribution in [3.63, 3.8) is 0 Å². The second kappa shape index (κ2) is 7.15. The van der Waals surface area contributed by atoms with Crippen LogP contribution in [0.4, 0.5) is 0 Å². The third-order valence-electron chi connectivity index (χ3n) is 3.71. The fourth-order valence-electron chi connectivity index (χ4n) is 2.60. The van der Waals surface area contributed by atoms with Crippen molar-refractivity contribution in [2.75, 3.05) is 14.1 Å². The highest BCUT2D eigenvalue weighted by molar-refractivity contribution is 9.10. The number of allylic oxidation sites excluding steroid dienone is 1. The Morgan fingerprint density at radius 1 is 1.16 bits per heavy atom. The number of carbonyl (C=O) groups excluding carboxylic acids is 1. The number of halogens is 1. The summed E-state index contributed by atoms with van der Waals surface area (Å²) < 4.78 is 0.905. The van der Waals surface area contributed by atoms with E-state index in [0.717, 1.165) is 26.6 Å². The maximum atomic E-state index is 13.1. The minimum absolute atomic E-state index is 0.0975. The van der Waals surface area contributed by atoms with Crippen LogP contribution in [0, 0.1) is 6.92 Å². The van der Waals surface area contributed by atoms with E-state index in [0.29, 0.717) is 11.3 Å². The minimum Gasteiger partial charge on any atom is -0.383 e. The van der Waals surface area contributed by atoms with Crippen LogP contribution in [0.5, 0.6) is 0 Å². The summed E-state index contributed by atoms with van der Waals surface area (Å²) in [4.78, 5) is 23.7. The van der Waals surface area contributed by atoms with E-state index in [9.17, 15) is 4.79 Å². The number of aryl methyl sites for hydroxylation is 1. The summed E-state index contributed by atoms with van der Waals surface area (Å²) in [5, 5.41) is 0.974. The van der Waals surface area contributed by atoms with E-state index in [1.54, 1.807) is 12.3 Å². The molecule has 0 spiro atoms. The summed E-state index contributed by atoms with van der Waals surface area (Å²) in [5.41, 5.74) is 3.60. The van der Waals surface area contributed by atoms with Crippen molar-refractivity contribution < 1.29 is 4.79 Å². The van der Waals surface area contributed by atoms with Crippen LogP contribution in [0.2, 0.25) is 0 Å². The lowest BCUT2D eigenvalue weighted by atomic mass is 9.98. The Kier molecular flexibility index (Phi) is 4.95. The Hall–Kier alpha value is -2.53. The molecule has 0 N–H and O–H groups in total. The van der Waals surface area contributed by atoms with Gasteiger partial charge in [0.05, 0.1) is 5.52 Å². The minimum atomic E-state index is -0.0975. The monoisotopic (exact) mass is 395 g/mol. The summed E-state index contributed by atoms with van der Waals surface area (Å²) >= 11 is 3.45. The first-order valence-corrected chi connectivity index (χ1v) is 8.65. The number of benzene rings is 1. The lowest BCUT2D eigenvalue weighted by Crippen LogP contribution is -2.11. The van der Waals surface area contributed by atoms with Gasteiger partial charge in [0, 0.05) is 47.6 Å². The average molecular weight is 396 g/mol. The molecule has 126 valence electrons. The molecule has 0 saturated carbocycles. The molecule has 0 saturated heterocycles. The number of rotatable bonds is 4. The van der Waals surface area contributed by atoms with Crippen LogP contribution >= 0.6 is 15.9 Å². The molecule has 0 fully saturated rings. The number of hydrogen-bond acceptors (Lipinski definition) is 4. The van der Waals surface area contributed by atoms with Crippen molar-refractivity contribution >= 4 is 38.2 Å². The van der Waals surface area contributed by atoms with E-state index < -0.39 is 0 Å². The van der Waals surface area contributed by atoms with Crippen LogP contribution in [-0.2, 0) is 0 Å². The van der Waals surface area contributed by atoms with Crippen molar-refractivity contribution in [1.82, 2.24) is 14.9 Å². The number of ketones is 1. The molecular weight excluding hydrogens is 378 g/mol. The predicted molar refractivity (Wildman–Crippen MR) is 104 cm³/mol. The van der Waals surface area contributed by atoms with Crippen LogP contribution in [0.1, 0.15) is 21.7 Å². The molecule has 4 nitrogen and oxygen atoms in total. The number of Topliss-reactive ketones (excluding diaryl/α,β-unsaturated/α-hetero) is 1. The number of carbonyl (C=O) groups is 1. The van der Waals surface area contributed by atoms with Crippen molar-refractivity contribution in [3.8, 4) is 0 Å². The van der Waals surface area contributed by atoms with Crippen LogP contribution in [0.3, 0.4) is 0 Å². The van der Waals surface area contributed by atoms with Crippen molar-refractivity contribution in [2.45, 2.75) is 6.92 Å². The lowest BCUT2D eigenvalue weighted by Gasteiger charge is -2.12. The van der Waals surface area contributed by atoms with Gasteiger partial charge in [0.2, 0.25) is 5.78 Å². The zero-order valence-corrected chi connectivity index (χ0v) is 15.9. The van der Waals surface area contributed by atoms with E-state index in [1.807, 2.05) is 68.5 Å². The SMILES string of the molecule is Cc1cccc(C(=O)/C(=C\N(C)C)c2ccc3ncc(Br)cc3c2)n1. The smallest absolute Gasteiger partial charge is 0.213 e. The number of hydrogen-bond donors (Lipinski definition) is 0. The molecule has 0 radical (unpaired) electrons. The maximum Gasteiger partial charge on any atom is 0.213 e. The molecule has 2 heterocycles. The molecule has 1 aromatic carbocycles. The third-order valence-corrected chi connectivity index (χ3v) is 4.15. The molecule has 0 amide bonds. The van der Waals surface area contributed by atoms with Crippen LogP contribution in [0.25, 0.3) is 16.5 Å². The predicted octanol–water partition coefficient (Wildman–Crippen LogP) is 4.49. The lowest BCUT2D eigenvalue weighted by molar-refractivity contribution is 0.105. The Morgan fingerprint density at radius 3 is 2.68 bits per heavy atom. The summed E-state index contributed by atoms with van der Waals surface area (Å²) in [6, 6.07) is 13.3.